The van der Waals surface area contributed by atoms with Crippen LogP contribution in [0.5, 0.6) is 0 Å². The Morgan fingerprint density at radius 2 is 1.95 bits per heavy atom. The van der Waals surface area contributed by atoms with E-state index >= 15 is 0 Å². The summed E-state index contributed by atoms with van der Waals surface area (Å²) in [5.74, 6) is 0.114. The van der Waals surface area contributed by atoms with Gasteiger partial charge in [0.15, 0.2) is 9.84 Å². The van der Waals surface area contributed by atoms with Crippen LogP contribution >= 0.6 is 0 Å². The molecule has 6 heteroatoms. The molecule has 0 aromatic rings. The van der Waals surface area contributed by atoms with E-state index < -0.39 is 14.6 Å². The van der Waals surface area contributed by atoms with Gasteiger partial charge in [0.05, 0.1) is 4.75 Å². The summed E-state index contributed by atoms with van der Waals surface area (Å²) in [6.07, 6.45) is 4.28. The molecule has 0 radical (unpaired) electrons. The average molecular weight is 288 g/mol. The van der Waals surface area contributed by atoms with Crippen LogP contribution in [-0.4, -0.2) is 45.0 Å². The lowest BCUT2D eigenvalue weighted by molar-refractivity contribution is -0.123. The molecule has 1 spiro atoms. The largest absolute Gasteiger partial charge is 0.354 e. The van der Waals surface area contributed by atoms with Crippen molar-refractivity contribution in [3.05, 3.63) is 0 Å². The van der Waals surface area contributed by atoms with Gasteiger partial charge in [-0.25, -0.2) is 8.42 Å². The molecule has 1 saturated heterocycles. The van der Waals surface area contributed by atoms with Crippen molar-refractivity contribution in [2.24, 2.45) is 11.3 Å². The minimum absolute atomic E-state index is 0.0265. The maximum absolute atomic E-state index is 12.1. The van der Waals surface area contributed by atoms with Crippen molar-refractivity contribution >= 4 is 15.7 Å². The quantitative estimate of drug-likeness (QED) is 0.781. The molecular weight excluding hydrogens is 264 g/mol. The SMILES string of the molecule is CC(C)(CNC(=O)C1CC12CCNCC2)S(C)(=O)=O. The van der Waals surface area contributed by atoms with Gasteiger partial charge in [-0.3, -0.25) is 4.79 Å². The minimum Gasteiger partial charge on any atom is -0.354 e. The number of hydrogen-bond acceptors (Lipinski definition) is 4. The Morgan fingerprint density at radius 1 is 1.37 bits per heavy atom. The highest BCUT2D eigenvalue weighted by atomic mass is 32.2. The van der Waals surface area contributed by atoms with Crippen molar-refractivity contribution in [3.63, 3.8) is 0 Å². The standard InChI is InChI=1S/C13H24N2O3S/c1-12(2,19(3,17)18)9-15-11(16)10-8-13(10)4-6-14-7-5-13/h10,14H,4-9H2,1-3H3,(H,15,16). The van der Waals surface area contributed by atoms with E-state index in [1.165, 1.54) is 6.26 Å². The Hall–Kier alpha value is -0.620. The van der Waals surface area contributed by atoms with Crippen LogP contribution in [0.4, 0.5) is 0 Å². The Labute approximate surface area is 115 Å². The number of nitrogens with one attached hydrogen (secondary N) is 2. The Kier molecular flexibility index (Phi) is 3.68. The first kappa shape index (κ1) is 14.8. The third-order valence-electron chi connectivity index (χ3n) is 4.80. The monoisotopic (exact) mass is 288 g/mol. The van der Waals surface area contributed by atoms with E-state index in [4.69, 9.17) is 0 Å². The van der Waals surface area contributed by atoms with Gasteiger partial charge < -0.3 is 10.6 Å². The molecule has 1 saturated carbocycles. The van der Waals surface area contributed by atoms with E-state index in [1.807, 2.05) is 0 Å². The first-order chi connectivity index (χ1) is 8.68. The van der Waals surface area contributed by atoms with Gasteiger partial charge in [-0.2, -0.15) is 0 Å². The molecule has 5 nitrogen and oxygen atoms in total. The zero-order chi connectivity index (χ0) is 14.3. The lowest BCUT2D eigenvalue weighted by Gasteiger charge is -2.25. The van der Waals surface area contributed by atoms with E-state index in [0.29, 0.717) is 0 Å². The van der Waals surface area contributed by atoms with Crippen LogP contribution in [0.25, 0.3) is 0 Å². The van der Waals surface area contributed by atoms with E-state index in [9.17, 15) is 13.2 Å². The Balaban J connectivity index is 1.87. The number of carbonyl (C=O) groups is 1. The molecule has 110 valence electrons. The molecule has 1 aliphatic heterocycles. The second-order valence-electron chi connectivity index (χ2n) is 6.62. The van der Waals surface area contributed by atoms with Crippen LogP contribution in [-0.2, 0) is 14.6 Å². The van der Waals surface area contributed by atoms with Gasteiger partial charge in [0.25, 0.3) is 0 Å². The Morgan fingerprint density at radius 3 is 2.47 bits per heavy atom. The zero-order valence-corrected chi connectivity index (χ0v) is 12.8. The average Bonchev–Trinajstić information content (AvgIpc) is 2.99. The molecular formula is C13H24N2O3S. The van der Waals surface area contributed by atoms with Crippen molar-refractivity contribution < 1.29 is 13.2 Å². The molecule has 0 aromatic carbocycles. The van der Waals surface area contributed by atoms with Crippen molar-refractivity contribution in [1.29, 1.82) is 0 Å². The molecule has 2 rings (SSSR count). The fraction of sp³-hybridized carbons (Fsp3) is 0.923. The highest BCUT2D eigenvalue weighted by Gasteiger charge is 2.57. The number of amides is 1. The van der Waals surface area contributed by atoms with Gasteiger partial charge in [-0.15, -0.1) is 0 Å². The normalized spacial score (nSPS) is 26.2. The lowest BCUT2D eigenvalue weighted by Crippen LogP contribution is -2.44. The van der Waals surface area contributed by atoms with Crippen molar-refractivity contribution in [3.8, 4) is 0 Å². The summed E-state index contributed by atoms with van der Waals surface area (Å²) in [6.45, 7) is 5.46. The van der Waals surface area contributed by atoms with E-state index in [-0.39, 0.29) is 23.8 Å². The van der Waals surface area contributed by atoms with Crippen LogP contribution in [0.3, 0.4) is 0 Å². The number of piperidine rings is 1. The number of carbonyl (C=O) groups excluding carboxylic acids is 1. The molecule has 0 bridgehead atoms. The maximum atomic E-state index is 12.1. The van der Waals surface area contributed by atoms with E-state index in [2.05, 4.69) is 10.6 Å². The third kappa shape index (κ3) is 2.94. The fourth-order valence-corrected chi connectivity index (χ4v) is 3.08. The molecule has 2 N–H and O–H groups in total. The van der Waals surface area contributed by atoms with Gasteiger partial charge in [0.2, 0.25) is 5.91 Å². The Bertz CT molecular complexity index is 464. The molecule has 2 aliphatic rings. The van der Waals surface area contributed by atoms with Gasteiger partial charge in [0, 0.05) is 18.7 Å². The van der Waals surface area contributed by atoms with Crippen LogP contribution in [0.15, 0.2) is 0 Å². The number of hydrogen-bond donors (Lipinski definition) is 2. The molecule has 1 amide bonds. The maximum Gasteiger partial charge on any atom is 0.223 e. The molecule has 19 heavy (non-hydrogen) atoms. The molecule has 2 fully saturated rings. The highest BCUT2D eigenvalue weighted by molar-refractivity contribution is 7.92. The van der Waals surface area contributed by atoms with Crippen molar-refractivity contribution in [1.82, 2.24) is 10.6 Å². The van der Waals surface area contributed by atoms with Gasteiger partial charge in [-0.1, -0.05) is 0 Å². The van der Waals surface area contributed by atoms with Crippen molar-refractivity contribution in [2.75, 3.05) is 25.9 Å². The summed E-state index contributed by atoms with van der Waals surface area (Å²) in [5.41, 5.74) is 0.199. The summed E-state index contributed by atoms with van der Waals surface area (Å²) >= 11 is 0. The molecule has 1 aliphatic carbocycles. The van der Waals surface area contributed by atoms with Gasteiger partial charge in [-0.05, 0) is 51.6 Å². The summed E-state index contributed by atoms with van der Waals surface area (Å²) in [7, 11) is -3.16. The van der Waals surface area contributed by atoms with E-state index in [0.717, 1.165) is 32.4 Å². The van der Waals surface area contributed by atoms with Crippen LogP contribution in [0, 0.1) is 11.3 Å². The molecule has 0 aromatic heterocycles. The van der Waals surface area contributed by atoms with Crippen LogP contribution in [0.1, 0.15) is 33.1 Å². The second-order valence-corrected chi connectivity index (χ2v) is 9.27. The summed E-state index contributed by atoms with van der Waals surface area (Å²) in [5, 5.41) is 6.13. The summed E-state index contributed by atoms with van der Waals surface area (Å²) in [4.78, 5) is 12.1. The highest BCUT2D eigenvalue weighted by Crippen LogP contribution is 2.58. The van der Waals surface area contributed by atoms with Gasteiger partial charge >= 0.3 is 0 Å². The first-order valence-electron chi connectivity index (χ1n) is 6.86. The number of sulfone groups is 1. The van der Waals surface area contributed by atoms with Gasteiger partial charge in [0.1, 0.15) is 0 Å². The molecule has 1 unspecified atom stereocenters. The minimum atomic E-state index is -3.16. The van der Waals surface area contributed by atoms with Crippen molar-refractivity contribution in [2.45, 2.75) is 37.9 Å². The summed E-state index contributed by atoms with van der Waals surface area (Å²) < 4.78 is 22.3. The predicted molar refractivity (Wildman–Crippen MR) is 74.6 cm³/mol. The van der Waals surface area contributed by atoms with E-state index in [1.54, 1.807) is 13.8 Å². The first-order valence-corrected chi connectivity index (χ1v) is 8.75. The predicted octanol–water partition coefficient (Wildman–Crippen LogP) is 0.316. The third-order valence-corrected chi connectivity index (χ3v) is 6.95. The molecule has 1 heterocycles. The van der Waals surface area contributed by atoms with Crippen LogP contribution < -0.4 is 10.6 Å². The second kappa shape index (κ2) is 4.74. The van der Waals surface area contributed by atoms with Crippen LogP contribution in [0.2, 0.25) is 0 Å². The lowest BCUT2D eigenvalue weighted by atomic mass is 9.92. The molecule has 1 atom stereocenters. The summed E-state index contributed by atoms with van der Waals surface area (Å²) in [6, 6.07) is 0. The smallest absolute Gasteiger partial charge is 0.223 e. The zero-order valence-electron chi connectivity index (χ0n) is 12.0. The topological polar surface area (TPSA) is 75.3 Å². The fourth-order valence-electron chi connectivity index (χ4n) is 2.75. The number of rotatable bonds is 4.